The van der Waals surface area contributed by atoms with Crippen LogP contribution < -0.4 is 5.32 Å². The van der Waals surface area contributed by atoms with Crippen LogP contribution in [0.2, 0.25) is 0 Å². The van der Waals surface area contributed by atoms with E-state index in [1.807, 2.05) is 30.3 Å². The molecule has 0 radical (unpaired) electrons. The highest BCUT2D eigenvalue weighted by Gasteiger charge is 1.95. The Morgan fingerprint density at radius 3 is 2.83 bits per heavy atom. The number of benzene rings is 1. The first-order chi connectivity index (χ1) is 5.84. The summed E-state index contributed by atoms with van der Waals surface area (Å²) < 4.78 is 1.08. The topological polar surface area (TPSA) is 35.8 Å². The predicted molar refractivity (Wildman–Crippen MR) is 51.5 cm³/mol. The van der Waals surface area contributed by atoms with Gasteiger partial charge in [-0.2, -0.15) is 5.26 Å². The maximum atomic E-state index is 8.29. The molecule has 0 saturated heterocycles. The molecule has 0 aliphatic rings. The molecule has 3 heteroatoms. The van der Waals surface area contributed by atoms with Gasteiger partial charge in [0, 0.05) is 11.0 Å². The summed E-state index contributed by atoms with van der Waals surface area (Å²) in [5, 5.41) is 11.3. The molecule has 0 atom stereocenters. The Morgan fingerprint density at radius 1 is 1.42 bits per heavy atom. The zero-order valence-corrected chi connectivity index (χ0v) is 8.13. The molecular weight excluding hydrogens is 216 g/mol. The average Bonchev–Trinajstić information content (AvgIpc) is 2.09. The lowest BCUT2D eigenvalue weighted by molar-refractivity contribution is 0.763. The zero-order valence-electron chi connectivity index (χ0n) is 6.55. The lowest BCUT2D eigenvalue weighted by atomic mass is 10.2. The Hall–Kier alpha value is -0.850. The highest BCUT2D eigenvalue weighted by molar-refractivity contribution is 9.10. The third kappa shape index (κ3) is 2.65. The number of nitrogens with one attached hydrogen (secondary N) is 1. The van der Waals surface area contributed by atoms with Gasteiger partial charge in [-0.1, -0.05) is 34.1 Å². The molecule has 0 aliphatic heterocycles. The van der Waals surface area contributed by atoms with Crippen molar-refractivity contribution in [2.24, 2.45) is 0 Å². The number of halogens is 1. The summed E-state index contributed by atoms with van der Waals surface area (Å²) in [4.78, 5) is 0. The fourth-order valence-corrected chi connectivity index (χ4v) is 1.32. The van der Waals surface area contributed by atoms with Crippen molar-refractivity contribution >= 4 is 15.9 Å². The Labute approximate surface area is 80.3 Å². The van der Waals surface area contributed by atoms with E-state index in [1.54, 1.807) is 0 Å². The molecular formula is C9H9BrN2. The normalized spacial score (nSPS) is 9.33. The summed E-state index contributed by atoms with van der Waals surface area (Å²) in [6.07, 6.45) is 0. The molecule has 0 aliphatic carbocycles. The van der Waals surface area contributed by atoms with Crippen molar-refractivity contribution in [3.63, 3.8) is 0 Å². The first kappa shape index (κ1) is 9.24. The van der Waals surface area contributed by atoms with Crippen LogP contribution in [0.5, 0.6) is 0 Å². The molecule has 2 nitrogen and oxygen atoms in total. The van der Waals surface area contributed by atoms with Crippen LogP contribution >= 0.6 is 15.9 Å². The Morgan fingerprint density at radius 2 is 2.17 bits per heavy atom. The second-order valence-electron chi connectivity index (χ2n) is 2.35. The van der Waals surface area contributed by atoms with Crippen LogP contribution in [0.1, 0.15) is 5.56 Å². The minimum absolute atomic E-state index is 0.390. The van der Waals surface area contributed by atoms with Crippen LogP contribution in [-0.2, 0) is 6.54 Å². The van der Waals surface area contributed by atoms with Gasteiger partial charge in [-0.15, -0.1) is 0 Å². The van der Waals surface area contributed by atoms with E-state index in [9.17, 15) is 0 Å². The fourth-order valence-electron chi connectivity index (χ4n) is 0.895. The highest BCUT2D eigenvalue weighted by Crippen LogP contribution is 2.14. The Balaban J connectivity index is 2.53. The molecule has 12 heavy (non-hydrogen) atoms. The average molecular weight is 225 g/mol. The molecule has 0 spiro atoms. The van der Waals surface area contributed by atoms with Crippen LogP contribution in [0.4, 0.5) is 0 Å². The van der Waals surface area contributed by atoms with Gasteiger partial charge >= 0.3 is 0 Å². The van der Waals surface area contributed by atoms with Crippen molar-refractivity contribution in [3.05, 3.63) is 34.3 Å². The molecule has 1 rings (SSSR count). The van der Waals surface area contributed by atoms with Gasteiger partial charge < -0.3 is 5.32 Å². The van der Waals surface area contributed by atoms with Crippen molar-refractivity contribution < 1.29 is 0 Å². The van der Waals surface area contributed by atoms with Gasteiger partial charge in [-0.3, -0.25) is 0 Å². The predicted octanol–water partition coefficient (Wildman–Crippen LogP) is 2.06. The third-order valence-electron chi connectivity index (χ3n) is 1.48. The Bertz CT molecular complexity index is 291. The fraction of sp³-hybridized carbons (Fsp3) is 0.222. The number of rotatable bonds is 3. The summed E-state index contributed by atoms with van der Waals surface area (Å²) in [6.45, 7) is 1.12. The van der Waals surface area contributed by atoms with E-state index < -0.39 is 0 Å². The van der Waals surface area contributed by atoms with Crippen molar-refractivity contribution in [3.8, 4) is 6.07 Å². The van der Waals surface area contributed by atoms with Crippen LogP contribution in [0.3, 0.4) is 0 Å². The number of hydrogen-bond acceptors (Lipinski definition) is 2. The van der Waals surface area contributed by atoms with E-state index in [4.69, 9.17) is 5.26 Å². The van der Waals surface area contributed by atoms with Gasteiger partial charge in [0.2, 0.25) is 0 Å². The van der Waals surface area contributed by atoms with Gasteiger partial charge in [-0.05, 0) is 11.6 Å². The first-order valence-corrected chi connectivity index (χ1v) is 4.45. The van der Waals surface area contributed by atoms with E-state index in [1.165, 1.54) is 5.56 Å². The second-order valence-corrected chi connectivity index (χ2v) is 3.21. The van der Waals surface area contributed by atoms with Crippen LogP contribution in [0.15, 0.2) is 28.7 Å². The largest absolute Gasteiger partial charge is 0.300 e. The lowest BCUT2D eigenvalue weighted by Crippen LogP contribution is -2.13. The maximum absolute atomic E-state index is 8.29. The maximum Gasteiger partial charge on any atom is 0.0843 e. The molecule has 0 bridgehead atoms. The molecule has 0 fully saturated rings. The number of hydrogen-bond donors (Lipinski definition) is 1. The summed E-state index contributed by atoms with van der Waals surface area (Å²) >= 11 is 3.43. The second kappa shape index (κ2) is 4.91. The van der Waals surface area contributed by atoms with Gasteiger partial charge in [-0.25, -0.2) is 0 Å². The van der Waals surface area contributed by atoms with E-state index in [0.717, 1.165) is 11.0 Å². The van der Waals surface area contributed by atoms with E-state index >= 15 is 0 Å². The minimum Gasteiger partial charge on any atom is -0.300 e. The first-order valence-electron chi connectivity index (χ1n) is 3.65. The SMILES string of the molecule is N#CCNCc1ccccc1Br. The van der Waals surface area contributed by atoms with Crippen molar-refractivity contribution in [1.29, 1.82) is 5.26 Å². The summed E-state index contributed by atoms with van der Waals surface area (Å²) in [7, 11) is 0. The van der Waals surface area contributed by atoms with Gasteiger partial charge in [0.1, 0.15) is 0 Å². The van der Waals surface area contributed by atoms with Crippen molar-refractivity contribution in [2.75, 3.05) is 6.54 Å². The standard InChI is InChI=1S/C9H9BrN2/c10-9-4-2-1-3-8(9)7-12-6-5-11/h1-4,12H,6-7H2. The molecule has 62 valence electrons. The monoisotopic (exact) mass is 224 g/mol. The molecule has 1 aromatic carbocycles. The number of nitriles is 1. The van der Waals surface area contributed by atoms with Gasteiger partial charge in [0.15, 0.2) is 0 Å². The van der Waals surface area contributed by atoms with Crippen LogP contribution in [-0.4, -0.2) is 6.54 Å². The lowest BCUT2D eigenvalue weighted by Gasteiger charge is -2.02. The smallest absolute Gasteiger partial charge is 0.0843 e. The molecule has 0 unspecified atom stereocenters. The van der Waals surface area contributed by atoms with E-state index in [-0.39, 0.29) is 0 Å². The highest BCUT2D eigenvalue weighted by atomic mass is 79.9. The molecule has 1 N–H and O–H groups in total. The summed E-state index contributed by atoms with van der Waals surface area (Å²) in [5.41, 5.74) is 1.17. The van der Waals surface area contributed by atoms with Gasteiger partial charge in [0.05, 0.1) is 12.6 Å². The molecule has 1 aromatic rings. The quantitative estimate of drug-likeness (QED) is 0.631. The number of nitrogens with zero attached hydrogens (tertiary/aromatic N) is 1. The minimum atomic E-state index is 0.390. The van der Waals surface area contributed by atoms with Crippen LogP contribution in [0.25, 0.3) is 0 Å². The molecule has 0 aromatic heterocycles. The van der Waals surface area contributed by atoms with Gasteiger partial charge in [0.25, 0.3) is 0 Å². The van der Waals surface area contributed by atoms with E-state index in [2.05, 4.69) is 21.2 Å². The summed E-state index contributed by atoms with van der Waals surface area (Å²) in [6, 6.07) is 9.99. The van der Waals surface area contributed by atoms with Crippen molar-refractivity contribution in [2.45, 2.75) is 6.54 Å². The molecule has 0 saturated carbocycles. The molecule has 0 heterocycles. The Kier molecular flexibility index (Phi) is 3.78. The zero-order chi connectivity index (χ0) is 8.81. The molecule has 0 amide bonds. The third-order valence-corrected chi connectivity index (χ3v) is 2.25. The van der Waals surface area contributed by atoms with E-state index in [0.29, 0.717) is 6.54 Å². The van der Waals surface area contributed by atoms with Crippen molar-refractivity contribution in [1.82, 2.24) is 5.32 Å². The van der Waals surface area contributed by atoms with Crippen LogP contribution in [0, 0.1) is 11.3 Å². The summed E-state index contributed by atoms with van der Waals surface area (Å²) in [5.74, 6) is 0.